The minimum atomic E-state index is -1.01. The molecule has 1 aliphatic heterocycles. The zero-order chi connectivity index (χ0) is 16.4. The van der Waals surface area contributed by atoms with Crippen molar-refractivity contribution in [1.82, 2.24) is 4.90 Å². The Bertz CT molecular complexity index is 730. The lowest BCUT2D eigenvalue weighted by Gasteiger charge is -2.36. The SMILES string of the molecule is O=C(c1ccc(F)c(F)c1)N1CCN(c2ccccc2Cl)CC1. The third kappa shape index (κ3) is 3.29. The van der Waals surface area contributed by atoms with Gasteiger partial charge >= 0.3 is 0 Å². The summed E-state index contributed by atoms with van der Waals surface area (Å²) in [5, 5.41) is 0.674. The van der Waals surface area contributed by atoms with Gasteiger partial charge in [0.1, 0.15) is 0 Å². The van der Waals surface area contributed by atoms with Crippen LogP contribution in [0.2, 0.25) is 5.02 Å². The largest absolute Gasteiger partial charge is 0.367 e. The Labute approximate surface area is 138 Å². The van der Waals surface area contributed by atoms with Crippen LogP contribution in [-0.2, 0) is 0 Å². The molecule has 0 spiro atoms. The Morgan fingerprint density at radius 2 is 1.65 bits per heavy atom. The predicted octanol–water partition coefficient (Wildman–Crippen LogP) is 3.58. The van der Waals surface area contributed by atoms with E-state index >= 15 is 0 Å². The van der Waals surface area contributed by atoms with Crippen LogP contribution in [0, 0.1) is 11.6 Å². The monoisotopic (exact) mass is 336 g/mol. The van der Waals surface area contributed by atoms with Crippen LogP contribution < -0.4 is 4.90 Å². The van der Waals surface area contributed by atoms with Crippen LogP contribution in [0.5, 0.6) is 0 Å². The van der Waals surface area contributed by atoms with E-state index < -0.39 is 11.6 Å². The molecule has 0 saturated carbocycles. The van der Waals surface area contributed by atoms with Crippen LogP contribution >= 0.6 is 11.6 Å². The maximum absolute atomic E-state index is 13.3. The smallest absolute Gasteiger partial charge is 0.254 e. The third-order valence-electron chi connectivity index (χ3n) is 3.93. The first-order valence-electron chi connectivity index (χ1n) is 7.30. The van der Waals surface area contributed by atoms with Crippen LogP contribution in [0.25, 0.3) is 0 Å². The fraction of sp³-hybridized carbons (Fsp3) is 0.235. The number of benzene rings is 2. The standard InChI is InChI=1S/C17H15ClF2N2O/c18-13-3-1-2-4-16(13)21-7-9-22(10-8-21)17(23)12-5-6-14(19)15(20)11-12/h1-6,11H,7-10H2. The van der Waals surface area contributed by atoms with Crippen molar-refractivity contribution in [2.45, 2.75) is 0 Å². The van der Waals surface area contributed by atoms with Gasteiger partial charge in [-0.2, -0.15) is 0 Å². The molecule has 0 radical (unpaired) electrons. The van der Waals surface area contributed by atoms with Gasteiger partial charge in [-0.25, -0.2) is 8.78 Å². The van der Waals surface area contributed by atoms with Crippen LogP contribution in [0.15, 0.2) is 42.5 Å². The fourth-order valence-corrected chi connectivity index (χ4v) is 2.93. The molecule has 0 aliphatic carbocycles. The van der Waals surface area contributed by atoms with Gasteiger partial charge in [0.05, 0.1) is 10.7 Å². The summed E-state index contributed by atoms with van der Waals surface area (Å²) in [6.45, 7) is 2.28. The minimum Gasteiger partial charge on any atom is -0.367 e. The fourth-order valence-electron chi connectivity index (χ4n) is 2.67. The van der Waals surface area contributed by atoms with Gasteiger partial charge in [0.15, 0.2) is 11.6 Å². The van der Waals surface area contributed by atoms with Crippen LogP contribution in [-0.4, -0.2) is 37.0 Å². The molecule has 1 saturated heterocycles. The highest BCUT2D eigenvalue weighted by atomic mass is 35.5. The molecule has 23 heavy (non-hydrogen) atoms. The lowest BCUT2D eigenvalue weighted by Crippen LogP contribution is -2.48. The van der Waals surface area contributed by atoms with Crippen LogP contribution in [0.4, 0.5) is 14.5 Å². The van der Waals surface area contributed by atoms with E-state index in [1.54, 1.807) is 4.90 Å². The molecule has 0 aromatic heterocycles. The van der Waals surface area contributed by atoms with E-state index in [4.69, 9.17) is 11.6 Å². The highest BCUT2D eigenvalue weighted by molar-refractivity contribution is 6.33. The summed E-state index contributed by atoms with van der Waals surface area (Å²) in [4.78, 5) is 16.1. The molecule has 0 bridgehead atoms. The molecular formula is C17H15ClF2N2O. The Hall–Kier alpha value is -2.14. The first-order chi connectivity index (χ1) is 11.1. The van der Waals surface area contributed by atoms with E-state index in [0.717, 1.165) is 17.8 Å². The van der Waals surface area contributed by atoms with Gasteiger partial charge in [-0.3, -0.25) is 4.79 Å². The molecule has 0 N–H and O–H groups in total. The molecule has 2 aromatic carbocycles. The lowest BCUT2D eigenvalue weighted by atomic mass is 10.1. The highest BCUT2D eigenvalue weighted by Gasteiger charge is 2.23. The summed E-state index contributed by atoms with van der Waals surface area (Å²) < 4.78 is 26.2. The lowest BCUT2D eigenvalue weighted by molar-refractivity contribution is 0.0746. The van der Waals surface area contributed by atoms with Gasteiger partial charge in [0.25, 0.3) is 5.91 Å². The number of carbonyl (C=O) groups excluding carboxylic acids is 1. The molecule has 0 atom stereocenters. The number of amides is 1. The molecule has 0 unspecified atom stereocenters. The van der Waals surface area contributed by atoms with Gasteiger partial charge in [0, 0.05) is 31.7 Å². The van der Waals surface area contributed by atoms with Crippen molar-refractivity contribution >= 4 is 23.2 Å². The Kier molecular flexibility index (Phi) is 4.48. The van der Waals surface area contributed by atoms with E-state index in [1.165, 1.54) is 6.07 Å². The molecular weight excluding hydrogens is 322 g/mol. The number of hydrogen-bond acceptors (Lipinski definition) is 2. The van der Waals surface area contributed by atoms with Crippen molar-refractivity contribution in [2.75, 3.05) is 31.1 Å². The summed E-state index contributed by atoms with van der Waals surface area (Å²) in [5.41, 5.74) is 1.10. The van der Waals surface area contributed by atoms with Gasteiger partial charge in [-0.15, -0.1) is 0 Å². The quantitative estimate of drug-likeness (QED) is 0.837. The Morgan fingerprint density at radius 1 is 0.957 bits per heavy atom. The van der Waals surface area contributed by atoms with E-state index in [-0.39, 0.29) is 11.5 Å². The van der Waals surface area contributed by atoms with Crippen molar-refractivity contribution in [3.63, 3.8) is 0 Å². The van der Waals surface area contributed by atoms with Crippen molar-refractivity contribution in [3.05, 3.63) is 64.7 Å². The summed E-state index contributed by atoms with van der Waals surface area (Å²) >= 11 is 6.19. The van der Waals surface area contributed by atoms with Crippen LogP contribution in [0.1, 0.15) is 10.4 Å². The first-order valence-corrected chi connectivity index (χ1v) is 7.68. The van der Waals surface area contributed by atoms with Gasteiger partial charge in [-0.1, -0.05) is 23.7 Å². The molecule has 3 nitrogen and oxygen atoms in total. The number of rotatable bonds is 2. The first kappa shape index (κ1) is 15.7. The number of anilines is 1. The average Bonchev–Trinajstić information content (AvgIpc) is 2.57. The highest BCUT2D eigenvalue weighted by Crippen LogP contribution is 2.26. The Morgan fingerprint density at radius 3 is 2.30 bits per heavy atom. The van der Waals surface area contributed by atoms with Gasteiger partial charge < -0.3 is 9.80 Å². The summed E-state index contributed by atoms with van der Waals surface area (Å²) in [5.74, 6) is -2.25. The normalized spacial score (nSPS) is 14.9. The topological polar surface area (TPSA) is 23.6 Å². The summed E-state index contributed by atoms with van der Waals surface area (Å²) in [6, 6.07) is 10.8. The molecule has 3 rings (SSSR count). The molecule has 120 valence electrons. The number of hydrogen-bond donors (Lipinski definition) is 0. The molecule has 2 aromatic rings. The second-order valence-corrected chi connectivity index (χ2v) is 5.77. The third-order valence-corrected chi connectivity index (χ3v) is 4.25. The van der Waals surface area contributed by atoms with E-state index in [1.807, 2.05) is 24.3 Å². The molecule has 1 heterocycles. The van der Waals surface area contributed by atoms with Crippen molar-refractivity contribution < 1.29 is 13.6 Å². The average molecular weight is 337 g/mol. The van der Waals surface area contributed by atoms with E-state index in [9.17, 15) is 13.6 Å². The van der Waals surface area contributed by atoms with Gasteiger partial charge in [-0.05, 0) is 30.3 Å². The Balaban J connectivity index is 1.68. The van der Waals surface area contributed by atoms with Gasteiger partial charge in [0.2, 0.25) is 0 Å². The van der Waals surface area contributed by atoms with Crippen LogP contribution in [0.3, 0.4) is 0 Å². The molecule has 6 heteroatoms. The number of nitrogens with zero attached hydrogens (tertiary/aromatic N) is 2. The maximum atomic E-state index is 13.3. The van der Waals surface area contributed by atoms with E-state index in [2.05, 4.69) is 4.90 Å². The van der Waals surface area contributed by atoms with Crippen molar-refractivity contribution in [3.8, 4) is 0 Å². The van der Waals surface area contributed by atoms with Crippen molar-refractivity contribution in [1.29, 1.82) is 0 Å². The number of carbonyl (C=O) groups is 1. The maximum Gasteiger partial charge on any atom is 0.254 e. The number of piperazine rings is 1. The van der Waals surface area contributed by atoms with Crippen molar-refractivity contribution in [2.24, 2.45) is 0 Å². The zero-order valence-corrected chi connectivity index (χ0v) is 13.1. The zero-order valence-electron chi connectivity index (χ0n) is 12.3. The number of halogens is 3. The van der Waals surface area contributed by atoms with E-state index in [0.29, 0.717) is 31.2 Å². The summed E-state index contributed by atoms with van der Waals surface area (Å²) in [7, 11) is 0. The summed E-state index contributed by atoms with van der Waals surface area (Å²) in [6.07, 6.45) is 0. The number of para-hydroxylation sites is 1. The predicted molar refractivity (Wildman–Crippen MR) is 85.9 cm³/mol. The second kappa shape index (κ2) is 6.54. The second-order valence-electron chi connectivity index (χ2n) is 5.36. The molecule has 1 fully saturated rings. The minimum absolute atomic E-state index is 0.162. The molecule has 1 aliphatic rings. The molecule has 1 amide bonds.